The highest BCUT2D eigenvalue weighted by Gasteiger charge is 2.56. The van der Waals surface area contributed by atoms with Gasteiger partial charge < -0.3 is 69.1 Å². The molecule has 0 spiro atoms. The fourth-order valence-electron chi connectivity index (χ4n) is 3.29. The smallest absolute Gasteiger partial charge is 0.394 e. The van der Waals surface area contributed by atoms with Crippen LogP contribution < -0.4 is 0 Å². The number of aliphatic hydroxyl groups is 5. The van der Waals surface area contributed by atoms with E-state index in [4.69, 9.17) is 24.0 Å². The molecule has 0 aliphatic carbocycles. The first kappa shape index (κ1) is 31.2. The third-order valence-electron chi connectivity index (χ3n) is 4.67. The van der Waals surface area contributed by atoms with Crippen molar-refractivity contribution in [2.75, 3.05) is 13.2 Å². The van der Waals surface area contributed by atoms with Crippen molar-refractivity contribution in [1.82, 2.24) is 0 Å². The summed E-state index contributed by atoms with van der Waals surface area (Å²) in [6, 6.07) is 0. The zero-order valence-electron chi connectivity index (χ0n) is 17.1. The largest absolute Gasteiger partial charge is 0.472 e. The summed E-state index contributed by atoms with van der Waals surface area (Å²) in [6.45, 7) is -2.09. The average Bonchev–Trinajstić information content (AvgIpc) is 2.69. The van der Waals surface area contributed by atoms with Gasteiger partial charge in [-0.25, -0.2) is 13.7 Å². The minimum Gasteiger partial charge on any atom is -0.394 e. The predicted molar refractivity (Wildman–Crippen MR) is 101 cm³/mol. The number of ether oxygens (including phenoxy) is 3. The highest BCUT2D eigenvalue weighted by molar-refractivity contribution is 7.47. The Labute approximate surface area is 195 Å². The molecule has 10 atom stereocenters. The Morgan fingerprint density at radius 3 is 1.49 bits per heavy atom. The number of hydrogen-bond donors (Lipinski definition) is 11. The van der Waals surface area contributed by atoms with Gasteiger partial charge in [-0.15, -0.1) is 0 Å². The van der Waals surface area contributed by atoms with Crippen molar-refractivity contribution in [3.8, 4) is 0 Å². The molecule has 0 aromatic rings. The van der Waals surface area contributed by atoms with Crippen LogP contribution in [-0.2, 0) is 41.5 Å². The fraction of sp³-hybridized carbons (Fsp3) is 1.00. The van der Waals surface area contributed by atoms with Crippen molar-refractivity contribution in [3.05, 3.63) is 0 Å². The summed E-state index contributed by atoms with van der Waals surface area (Å²) < 4.78 is 62.7. The van der Waals surface area contributed by atoms with Gasteiger partial charge >= 0.3 is 23.5 Å². The first-order valence-corrected chi connectivity index (χ1v) is 13.9. The second-order valence-electron chi connectivity index (χ2n) is 7.24. The zero-order chi connectivity index (χ0) is 26.9. The number of hydrogen-bond acceptors (Lipinski definition) is 14. The van der Waals surface area contributed by atoms with Crippen LogP contribution in [0.15, 0.2) is 0 Å². The first-order chi connectivity index (χ1) is 15.9. The molecule has 0 amide bonds. The molecular formula is C12H25O20P3. The molecule has 2 rings (SSSR count). The number of phosphoric ester groups is 3. The maximum atomic E-state index is 11.6. The highest BCUT2D eigenvalue weighted by atomic mass is 31.2. The van der Waals surface area contributed by atoms with Gasteiger partial charge in [-0.05, 0) is 0 Å². The second kappa shape index (κ2) is 11.8. The SMILES string of the molecule is O=P(O)(O)O[C@@H]1O[C@H](CO)[C@@H](O[C@H]2O[C@H](CO)[C@@H](O)[C@H](O)[C@H]2O)[C@H](OP(=O)(O)O)[C@H]1OP(=O)(O)O. The Hall–Kier alpha value is 0.01000. The van der Waals surface area contributed by atoms with Crippen LogP contribution in [0.5, 0.6) is 0 Å². The van der Waals surface area contributed by atoms with Gasteiger partial charge in [0.15, 0.2) is 18.7 Å². The van der Waals surface area contributed by atoms with E-state index >= 15 is 0 Å². The van der Waals surface area contributed by atoms with Crippen LogP contribution in [-0.4, -0.2) is 130 Å². The average molecular weight is 582 g/mol. The van der Waals surface area contributed by atoms with E-state index in [0.717, 1.165) is 0 Å². The van der Waals surface area contributed by atoms with Gasteiger partial charge in [-0.1, -0.05) is 0 Å². The fourth-order valence-corrected chi connectivity index (χ4v) is 4.83. The van der Waals surface area contributed by atoms with E-state index in [1.54, 1.807) is 0 Å². The molecule has 0 aromatic carbocycles. The third-order valence-corrected chi connectivity index (χ3v) is 6.19. The Morgan fingerprint density at radius 1 is 0.571 bits per heavy atom. The summed E-state index contributed by atoms with van der Waals surface area (Å²) in [7, 11) is -16.8. The Kier molecular flexibility index (Phi) is 10.5. The molecule has 20 nitrogen and oxygen atoms in total. The molecule has 208 valence electrons. The normalized spacial score (nSPS) is 39.5. The summed E-state index contributed by atoms with van der Waals surface area (Å²) in [5.41, 5.74) is 0. The summed E-state index contributed by atoms with van der Waals surface area (Å²) in [5, 5.41) is 48.9. The summed E-state index contributed by atoms with van der Waals surface area (Å²) in [6.07, 6.45) is -21.1. The van der Waals surface area contributed by atoms with E-state index in [-0.39, 0.29) is 0 Å². The lowest BCUT2D eigenvalue weighted by Crippen LogP contribution is -2.65. The molecule has 23 heteroatoms. The van der Waals surface area contributed by atoms with E-state index < -0.39 is 98.1 Å². The van der Waals surface area contributed by atoms with Crippen molar-refractivity contribution in [3.63, 3.8) is 0 Å². The van der Waals surface area contributed by atoms with Gasteiger partial charge in [-0.3, -0.25) is 13.6 Å². The molecule has 0 aromatic heterocycles. The van der Waals surface area contributed by atoms with E-state index in [1.807, 2.05) is 0 Å². The molecule has 2 heterocycles. The van der Waals surface area contributed by atoms with Gasteiger partial charge in [-0.2, -0.15) is 0 Å². The Bertz CT molecular complexity index is 835. The molecule has 0 saturated carbocycles. The zero-order valence-corrected chi connectivity index (χ0v) is 19.8. The topological polar surface area (TPSA) is 329 Å². The van der Waals surface area contributed by atoms with Gasteiger partial charge in [0.25, 0.3) is 0 Å². The van der Waals surface area contributed by atoms with Crippen molar-refractivity contribution >= 4 is 23.5 Å². The first-order valence-electron chi connectivity index (χ1n) is 9.31. The van der Waals surface area contributed by atoms with Crippen molar-refractivity contribution in [2.24, 2.45) is 0 Å². The molecule has 2 aliphatic rings. The molecule has 0 unspecified atom stereocenters. The van der Waals surface area contributed by atoms with Crippen LogP contribution in [0.3, 0.4) is 0 Å². The monoisotopic (exact) mass is 582 g/mol. The van der Waals surface area contributed by atoms with Gasteiger partial charge in [0.2, 0.25) is 0 Å². The van der Waals surface area contributed by atoms with Gasteiger partial charge in [0.05, 0.1) is 13.2 Å². The van der Waals surface area contributed by atoms with Crippen LogP contribution in [0.4, 0.5) is 0 Å². The van der Waals surface area contributed by atoms with Gasteiger partial charge in [0.1, 0.15) is 42.7 Å². The summed E-state index contributed by atoms with van der Waals surface area (Å²) in [4.78, 5) is 55.1. The minimum absolute atomic E-state index is 0.917. The highest BCUT2D eigenvalue weighted by Crippen LogP contribution is 2.50. The molecule has 0 radical (unpaired) electrons. The molecule has 2 fully saturated rings. The molecule has 35 heavy (non-hydrogen) atoms. The van der Waals surface area contributed by atoms with E-state index in [2.05, 4.69) is 13.6 Å². The lowest BCUT2D eigenvalue weighted by atomic mass is 9.97. The molecule has 2 aliphatic heterocycles. The lowest BCUT2D eigenvalue weighted by Gasteiger charge is -2.47. The van der Waals surface area contributed by atoms with Crippen molar-refractivity contribution < 1.29 is 96.4 Å². The summed E-state index contributed by atoms with van der Waals surface area (Å²) in [5.74, 6) is 0. The van der Waals surface area contributed by atoms with E-state index in [0.29, 0.717) is 0 Å². The molecular weight excluding hydrogens is 557 g/mol. The molecule has 11 N–H and O–H groups in total. The number of rotatable bonds is 10. The van der Waals surface area contributed by atoms with Crippen LogP contribution >= 0.6 is 23.5 Å². The van der Waals surface area contributed by atoms with E-state index in [1.165, 1.54) is 0 Å². The van der Waals surface area contributed by atoms with Crippen LogP contribution in [0, 0.1) is 0 Å². The summed E-state index contributed by atoms with van der Waals surface area (Å²) >= 11 is 0. The molecule has 0 bridgehead atoms. The van der Waals surface area contributed by atoms with Gasteiger partial charge in [0, 0.05) is 0 Å². The van der Waals surface area contributed by atoms with Crippen LogP contribution in [0.25, 0.3) is 0 Å². The second-order valence-corrected chi connectivity index (χ2v) is 10.8. The maximum absolute atomic E-state index is 11.6. The van der Waals surface area contributed by atoms with Crippen molar-refractivity contribution in [1.29, 1.82) is 0 Å². The predicted octanol–water partition coefficient (Wildman–Crippen LogP) is -5.05. The number of phosphoric acid groups is 3. The quantitative estimate of drug-likeness (QED) is 0.107. The maximum Gasteiger partial charge on any atom is 0.472 e. The van der Waals surface area contributed by atoms with E-state index in [9.17, 15) is 58.8 Å². The number of aliphatic hydroxyl groups excluding tert-OH is 5. The molecule has 2 saturated heterocycles. The Morgan fingerprint density at radius 2 is 1.03 bits per heavy atom. The Balaban J connectivity index is 2.50. The lowest BCUT2D eigenvalue weighted by molar-refractivity contribution is -0.350. The third kappa shape index (κ3) is 8.78. The van der Waals surface area contributed by atoms with Crippen molar-refractivity contribution in [2.45, 2.75) is 61.4 Å². The minimum atomic E-state index is -5.63. The van der Waals surface area contributed by atoms with Crippen LogP contribution in [0.2, 0.25) is 0 Å². The van der Waals surface area contributed by atoms with Crippen LogP contribution in [0.1, 0.15) is 0 Å². The standard InChI is InChI=1S/C12H25O20P3/c13-1-3-5(15)6(16)7(17)11(27-3)29-8-4(2-14)28-12(32-35(24,25)26)10(31-34(21,22)23)9(8)30-33(18,19)20/h3-17H,1-2H2,(H2,18,19,20)(H2,21,22,23)(H2,24,25,26)/t3-,4-,5-,6+,7-,8-,9+,10-,11-,12+/m1/s1.